The Morgan fingerprint density at radius 2 is 2.15 bits per heavy atom. The van der Waals surface area contributed by atoms with Gasteiger partial charge in [-0.3, -0.25) is 4.79 Å². The van der Waals surface area contributed by atoms with E-state index in [4.69, 9.17) is 0 Å². The number of hydrogen-bond acceptors (Lipinski definition) is 3. The van der Waals surface area contributed by atoms with Crippen LogP contribution in [0.25, 0.3) is 0 Å². The van der Waals surface area contributed by atoms with Gasteiger partial charge in [0.2, 0.25) is 0 Å². The Labute approximate surface area is 78.3 Å². The van der Waals surface area contributed by atoms with E-state index in [2.05, 4.69) is 9.68 Å². The topological polar surface area (TPSA) is 58.5 Å². The van der Waals surface area contributed by atoms with E-state index in [0.29, 0.717) is 5.92 Å². The number of nitrogens with one attached hydrogen (secondary N) is 1. The van der Waals surface area contributed by atoms with Gasteiger partial charge in [0, 0.05) is 22.2 Å². The summed E-state index contributed by atoms with van der Waals surface area (Å²) in [5, 5.41) is 3.16. The van der Waals surface area contributed by atoms with Crippen LogP contribution < -0.4 is 5.32 Å². The number of rotatable bonds is 1. The first-order valence-electron chi connectivity index (χ1n) is 4.38. The smallest absolute Gasteiger partial charge is 0.274 e. The zero-order valence-corrected chi connectivity index (χ0v) is 8.69. The summed E-state index contributed by atoms with van der Waals surface area (Å²) < 4.78 is 15.0. The molecule has 3 aliphatic rings. The minimum absolute atomic E-state index is 0.212. The summed E-state index contributed by atoms with van der Waals surface area (Å²) in [6.45, 7) is 0.913. The average Bonchev–Trinajstić information content (AvgIpc) is 2.35. The quantitative estimate of drug-likeness (QED) is 0.650. The highest BCUT2D eigenvalue weighted by Gasteiger charge is 2.55. The van der Waals surface area contributed by atoms with Crippen LogP contribution in [0.2, 0.25) is 0 Å². The van der Waals surface area contributed by atoms with E-state index in [0.717, 1.165) is 19.4 Å². The predicted molar refractivity (Wildman–Crippen MR) is 50.9 cm³/mol. The SMILES string of the molecule is CS(C)(=O)=NC(=O)C12CC(CN1)C2. The van der Waals surface area contributed by atoms with Crippen LogP contribution >= 0.6 is 0 Å². The Hall–Kier alpha value is -0.420. The molecular formula is C8H14N2O2S. The standard InChI is InChI=1S/C8H14N2O2S/c1-13(2,12)10-7(11)8-3-6(4-8)5-9-8/h6,9H,3-5H2,1-2H3. The van der Waals surface area contributed by atoms with E-state index in [1.54, 1.807) is 0 Å². The van der Waals surface area contributed by atoms with Gasteiger partial charge in [-0.2, -0.15) is 4.36 Å². The third kappa shape index (κ3) is 1.50. The Morgan fingerprint density at radius 1 is 1.54 bits per heavy atom. The van der Waals surface area contributed by atoms with Crippen molar-refractivity contribution in [3.8, 4) is 0 Å². The molecular weight excluding hydrogens is 188 g/mol. The lowest BCUT2D eigenvalue weighted by Crippen LogP contribution is -2.50. The lowest BCUT2D eigenvalue weighted by molar-refractivity contribution is -0.125. The Balaban J connectivity index is 2.20. The molecule has 0 atom stereocenters. The molecule has 13 heavy (non-hydrogen) atoms. The van der Waals surface area contributed by atoms with Crippen molar-refractivity contribution in [1.82, 2.24) is 5.32 Å². The molecule has 3 fully saturated rings. The number of carbonyl (C=O) groups is 1. The highest BCUT2D eigenvalue weighted by atomic mass is 32.2. The highest BCUT2D eigenvalue weighted by molar-refractivity contribution is 7.92. The van der Waals surface area contributed by atoms with Gasteiger partial charge in [0.1, 0.15) is 5.54 Å². The first kappa shape index (κ1) is 9.15. The second kappa shape index (κ2) is 2.54. The van der Waals surface area contributed by atoms with Crippen molar-refractivity contribution in [3.63, 3.8) is 0 Å². The van der Waals surface area contributed by atoms with E-state index in [1.165, 1.54) is 12.5 Å². The van der Waals surface area contributed by atoms with Crippen molar-refractivity contribution in [2.24, 2.45) is 10.3 Å². The van der Waals surface area contributed by atoms with Crippen LogP contribution in [0.1, 0.15) is 12.8 Å². The van der Waals surface area contributed by atoms with Gasteiger partial charge in [-0.15, -0.1) is 0 Å². The summed E-state index contributed by atoms with van der Waals surface area (Å²) in [4.78, 5) is 11.6. The third-order valence-corrected chi connectivity index (χ3v) is 3.32. The van der Waals surface area contributed by atoms with Crippen LogP contribution in [0.3, 0.4) is 0 Å². The zero-order chi connectivity index (χ0) is 9.69. The Kier molecular flexibility index (Phi) is 1.79. The van der Waals surface area contributed by atoms with Crippen LogP contribution in [0.15, 0.2) is 4.36 Å². The monoisotopic (exact) mass is 202 g/mol. The molecule has 2 bridgehead atoms. The maximum Gasteiger partial charge on any atom is 0.274 e. The number of amides is 1. The summed E-state index contributed by atoms with van der Waals surface area (Å²) in [6.07, 6.45) is 4.75. The minimum atomic E-state index is -2.29. The first-order valence-corrected chi connectivity index (χ1v) is 6.71. The number of hydrogen-bond donors (Lipinski definition) is 1. The molecule has 1 amide bonds. The van der Waals surface area contributed by atoms with Gasteiger partial charge in [-0.25, -0.2) is 4.21 Å². The zero-order valence-electron chi connectivity index (χ0n) is 7.87. The van der Waals surface area contributed by atoms with E-state index in [-0.39, 0.29) is 5.91 Å². The van der Waals surface area contributed by atoms with Crippen molar-refractivity contribution < 1.29 is 9.00 Å². The van der Waals surface area contributed by atoms with Gasteiger partial charge in [0.15, 0.2) is 0 Å². The molecule has 1 N–H and O–H groups in total. The second-order valence-corrected chi connectivity index (χ2v) is 6.86. The first-order chi connectivity index (χ1) is 5.91. The molecule has 2 saturated heterocycles. The molecule has 74 valence electrons. The molecule has 0 aromatic heterocycles. The van der Waals surface area contributed by atoms with Crippen molar-refractivity contribution in [3.05, 3.63) is 0 Å². The highest BCUT2D eigenvalue weighted by Crippen LogP contribution is 2.44. The molecule has 0 aromatic carbocycles. The second-order valence-electron chi connectivity index (χ2n) is 4.31. The molecule has 0 spiro atoms. The average molecular weight is 202 g/mol. The Bertz CT molecular complexity index is 349. The van der Waals surface area contributed by atoms with Gasteiger partial charge in [-0.05, 0) is 25.3 Å². The number of fused-ring (bicyclic) bond motifs is 1. The minimum Gasteiger partial charge on any atom is -0.303 e. The van der Waals surface area contributed by atoms with Crippen molar-refractivity contribution in [1.29, 1.82) is 0 Å². The van der Waals surface area contributed by atoms with E-state index in [1.807, 2.05) is 0 Å². The molecule has 2 aliphatic heterocycles. The summed E-state index contributed by atoms with van der Waals surface area (Å²) >= 11 is 0. The molecule has 0 aromatic rings. The molecule has 1 saturated carbocycles. The van der Waals surface area contributed by atoms with Gasteiger partial charge in [-0.1, -0.05) is 0 Å². The van der Waals surface area contributed by atoms with E-state index >= 15 is 0 Å². The normalized spacial score (nSPS) is 36.9. The third-order valence-electron chi connectivity index (χ3n) is 2.72. The lowest BCUT2D eigenvalue weighted by Gasteiger charge is -2.33. The number of nitrogens with zero attached hydrogens (tertiary/aromatic N) is 1. The van der Waals surface area contributed by atoms with Gasteiger partial charge in [0.05, 0.1) is 0 Å². The molecule has 0 unspecified atom stereocenters. The van der Waals surface area contributed by atoms with Crippen molar-refractivity contribution >= 4 is 15.6 Å². The van der Waals surface area contributed by atoms with E-state index < -0.39 is 15.3 Å². The van der Waals surface area contributed by atoms with Gasteiger partial charge in [0.25, 0.3) is 5.91 Å². The fourth-order valence-corrected chi connectivity index (χ4v) is 2.67. The lowest BCUT2D eigenvalue weighted by atomic mass is 9.73. The fourth-order valence-electron chi connectivity index (χ4n) is 2.09. The summed E-state index contributed by atoms with van der Waals surface area (Å²) in [5.74, 6) is 0.431. The van der Waals surface area contributed by atoms with Crippen molar-refractivity contribution in [2.45, 2.75) is 18.4 Å². The molecule has 3 rings (SSSR count). The van der Waals surface area contributed by atoms with Crippen LogP contribution in [-0.2, 0) is 14.5 Å². The largest absolute Gasteiger partial charge is 0.303 e. The fraction of sp³-hybridized carbons (Fsp3) is 0.875. The van der Waals surface area contributed by atoms with Crippen LogP contribution in [0.4, 0.5) is 0 Å². The van der Waals surface area contributed by atoms with Gasteiger partial charge >= 0.3 is 0 Å². The molecule has 4 nitrogen and oxygen atoms in total. The van der Waals surface area contributed by atoms with Crippen LogP contribution in [0, 0.1) is 5.92 Å². The van der Waals surface area contributed by atoms with Crippen LogP contribution in [-0.4, -0.2) is 34.7 Å². The molecule has 2 heterocycles. The summed E-state index contributed by atoms with van der Waals surface area (Å²) in [6, 6.07) is 0. The van der Waals surface area contributed by atoms with E-state index in [9.17, 15) is 9.00 Å². The van der Waals surface area contributed by atoms with Crippen molar-refractivity contribution in [2.75, 3.05) is 19.1 Å². The maximum absolute atomic E-state index is 11.6. The van der Waals surface area contributed by atoms with Crippen LogP contribution in [0.5, 0.6) is 0 Å². The predicted octanol–water partition coefficient (Wildman–Crippen LogP) is -0.00740. The van der Waals surface area contributed by atoms with Gasteiger partial charge < -0.3 is 5.32 Å². The molecule has 1 aliphatic carbocycles. The summed E-state index contributed by atoms with van der Waals surface area (Å²) in [7, 11) is -2.29. The molecule has 0 radical (unpaired) electrons. The molecule has 5 heteroatoms. The summed E-state index contributed by atoms with van der Waals surface area (Å²) in [5.41, 5.74) is -0.431. The number of carbonyl (C=O) groups excluding carboxylic acids is 1. The Morgan fingerprint density at radius 3 is 2.54 bits per heavy atom. The maximum atomic E-state index is 11.6.